The fourth-order valence-electron chi connectivity index (χ4n) is 1.77. The SMILES string of the molecule is COCCN(CCO)CC(=O)Cc1ccc(F)cc1. The van der Waals surface area contributed by atoms with Crippen LogP contribution >= 0.6 is 0 Å². The molecule has 0 fully saturated rings. The minimum absolute atomic E-state index is 0.00748. The van der Waals surface area contributed by atoms with Gasteiger partial charge in [0.05, 0.1) is 19.8 Å². The zero-order valence-corrected chi connectivity index (χ0v) is 11.1. The van der Waals surface area contributed by atoms with Gasteiger partial charge in [-0.05, 0) is 17.7 Å². The van der Waals surface area contributed by atoms with Crippen molar-refractivity contribution in [1.29, 1.82) is 0 Å². The number of carbonyl (C=O) groups excluding carboxylic acids is 1. The first-order chi connectivity index (χ1) is 9.15. The number of Topliss-reactive ketones (excluding diaryl/α,β-unsaturated/α-hetero) is 1. The van der Waals surface area contributed by atoms with Crippen molar-refractivity contribution in [2.24, 2.45) is 0 Å². The summed E-state index contributed by atoms with van der Waals surface area (Å²) in [6, 6.07) is 5.91. The first-order valence-electron chi connectivity index (χ1n) is 6.24. The molecule has 0 atom stereocenters. The highest BCUT2D eigenvalue weighted by molar-refractivity contribution is 5.82. The van der Waals surface area contributed by atoms with E-state index >= 15 is 0 Å². The second-order valence-electron chi connectivity index (χ2n) is 4.33. The standard InChI is InChI=1S/C14H20FNO3/c1-19-9-7-16(6-8-17)11-14(18)10-12-2-4-13(15)5-3-12/h2-5,17H,6-11H2,1H3. The van der Waals surface area contributed by atoms with Crippen molar-refractivity contribution < 1.29 is 19.0 Å². The van der Waals surface area contributed by atoms with Gasteiger partial charge in [-0.1, -0.05) is 12.1 Å². The van der Waals surface area contributed by atoms with Crippen LogP contribution in [0.25, 0.3) is 0 Å². The van der Waals surface area contributed by atoms with E-state index in [1.807, 2.05) is 4.90 Å². The van der Waals surface area contributed by atoms with Crippen LogP contribution in [0.1, 0.15) is 5.56 Å². The molecule has 5 heteroatoms. The molecule has 1 rings (SSSR count). The maximum Gasteiger partial charge on any atom is 0.151 e. The summed E-state index contributed by atoms with van der Waals surface area (Å²) in [5.74, 6) is -0.269. The van der Waals surface area contributed by atoms with Gasteiger partial charge in [0.2, 0.25) is 0 Å². The Morgan fingerprint density at radius 3 is 2.58 bits per heavy atom. The molecule has 4 nitrogen and oxygen atoms in total. The molecule has 0 spiro atoms. The zero-order chi connectivity index (χ0) is 14.1. The molecule has 0 unspecified atom stereocenters. The summed E-state index contributed by atoms with van der Waals surface area (Å²) < 4.78 is 17.7. The quantitative estimate of drug-likeness (QED) is 0.723. The highest BCUT2D eigenvalue weighted by atomic mass is 19.1. The van der Waals surface area contributed by atoms with E-state index in [0.29, 0.717) is 19.7 Å². The number of nitrogens with zero attached hydrogens (tertiary/aromatic N) is 1. The number of carbonyl (C=O) groups is 1. The van der Waals surface area contributed by atoms with E-state index in [-0.39, 0.29) is 31.2 Å². The van der Waals surface area contributed by atoms with Gasteiger partial charge in [-0.3, -0.25) is 9.69 Å². The minimum atomic E-state index is -0.307. The smallest absolute Gasteiger partial charge is 0.151 e. The van der Waals surface area contributed by atoms with Crippen LogP contribution < -0.4 is 0 Å². The fraction of sp³-hybridized carbons (Fsp3) is 0.500. The predicted octanol–water partition coefficient (Wildman–Crippen LogP) is 0.878. The Kier molecular flexibility index (Phi) is 7.25. The third-order valence-corrected chi connectivity index (χ3v) is 2.74. The van der Waals surface area contributed by atoms with Gasteiger partial charge in [0.25, 0.3) is 0 Å². The van der Waals surface area contributed by atoms with Gasteiger partial charge in [-0.2, -0.15) is 0 Å². The molecule has 0 aliphatic heterocycles. The second kappa shape index (κ2) is 8.74. The number of hydrogen-bond acceptors (Lipinski definition) is 4. The lowest BCUT2D eigenvalue weighted by molar-refractivity contribution is -0.119. The first-order valence-corrected chi connectivity index (χ1v) is 6.24. The van der Waals surface area contributed by atoms with Crippen LogP contribution in [0.15, 0.2) is 24.3 Å². The summed E-state index contributed by atoms with van der Waals surface area (Å²) in [7, 11) is 1.59. The summed E-state index contributed by atoms with van der Waals surface area (Å²) in [4.78, 5) is 13.7. The Labute approximate surface area is 112 Å². The van der Waals surface area contributed by atoms with E-state index in [1.165, 1.54) is 12.1 Å². The molecule has 106 valence electrons. The second-order valence-corrected chi connectivity index (χ2v) is 4.33. The van der Waals surface area contributed by atoms with Gasteiger partial charge in [-0.25, -0.2) is 4.39 Å². The van der Waals surface area contributed by atoms with Crippen molar-refractivity contribution in [3.05, 3.63) is 35.6 Å². The molecule has 0 aliphatic rings. The van der Waals surface area contributed by atoms with Crippen molar-refractivity contribution >= 4 is 5.78 Å². The number of rotatable bonds is 9. The van der Waals surface area contributed by atoms with Crippen LogP contribution in [0.5, 0.6) is 0 Å². The average Bonchev–Trinajstić information content (AvgIpc) is 2.39. The van der Waals surface area contributed by atoms with E-state index in [1.54, 1.807) is 19.2 Å². The number of ketones is 1. The van der Waals surface area contributed by atoms with Crippen LogP contribution in [0, 0.1) is 5.82 Å². The molecule has 0 radical (unpaired) electrons. The molecule has 0 saturated heterocycles. The topological polar surface area (TPSA) is 49.8 Å². The molecular formula is C14H20FNO3. The van der Waals surface area contributed by atoms with E-state index in [4.69, 9.17) is 9.84 Å². The van der Waals surface area contributed by atoms with Crippen LogP contribution in [0.3, 0.4) is 0 Å². The first kappa shape index (κ1) is 15.8. The van der Waals surface area contributed by atoms with Crippen molar-refractivity contribution in [2.75, 3.05) is 40.0 Å². The summed E-state index contributed by atoms with van der Waals surface area (Å²) >= 11 is 0. The predicted molar refractivity (Wildman–Crippen MR) is 70.5 cm³/mol. The summed E-state index contributed by atoms with van der Waals surface area (Å²) in [5.41, 5.74) is 0.794. The fourth-order valence-corrected chi connectivity index (χ4v) is 1.77. The third kappa shape index (κ3) is 6.42. The largest absolute Gasteiger partial charge is 0.395 e. The van der Waals surface area contributed by atoms with Gasteiger partial charge in [-0.15, -0.1) is 0 Å². The molecular weight excluding hydrogens is 249 g/mol. The van der Waals surface area contributed by atoms with Gasteiger partial charge < -0.3 is 9.84 Å². The van der Waals surface area contributed by atoms with Crippen LogP contribution in [-0.4, -0.2) is 55.7 Å². The lowest BCUT2D eigenvalue weighted by atomic mass is 10.1. The van der Waals surface area contributed by atoms with Crippen molar-refractivity contribution in [1.82, 2.24) is 4.90 Å². The van der Waals surface area contributed by atoms with Crippen molar-refractivity contribution in [3.63, 3.8) is 0 Å². The van der Waals surface area contributed by atoms with E-state index in [2.05, 4.69) is 0 Å². The van der Waals surface area contributed by atoms with Crippen molar-refractivity contribution in [3.8, 4) is 0 Å². The summed E-state index contributed by atoms with van der Waals surface area (Å²) in [5, 5.41) is 8.93. The molecule has 0 aliphatic carbocycles. The Balaban J connectivity index is 2.45. The molecule has 1 aromatic carbocycles. The Morgan fingerprint density at radius 2 is 2.00 bits per heavy atom. The Morgan fingerprint density at radius 1 is 1.32 bits per heavy atom. The Bertz CT molecular complexity index is 381. The number of hydrogen-bond donors (Lipinski definition) is 1. The third-order valence-electron chi connectivity index (χ3n) is 2.74. The highest BCUT2D eigenvalue weighted by Crippen LogP contribution is 2.04. The number of methoxy groups -OCH3 is 1. The van der Waals surface area contributed by atoms with Crippen LogP contribution in [0.4, 0.5) is 4.39 Å². The lowest BCUT2D eigenvalue weighted by Crippen LogP contribution is -2.35. The molecule has 0 heterocycles. The molecule has 0 aromatic heterocycles. The lowest BCUT2D eigenvalue weighted by Gasteiger charge is -2.19. The summed E-state index contributed by atoms with van der Waals surface area (Å²) in [6.45, 7) is 1.84. The molecule has 0 saturated carbocycles. The maximum atomic E-state index is 12.7. The molecule has 19 heavy (non-hydrogen) atoms. The normalized spacial score (nSPS) is 10.9. The van der Waals surface area contributed by atoms with Crippen molar-refractivity contribution in [2.45, 2.75) is 6.42 Å². The number of benzene rings is 1. The van der Waals surface area contributed by atoms with E-state index < -0.39 is 0 Å². The number of aliphatic hydroxyl groups is 1. The van der Waals surface area contributed by atoms with E-state index in [0.717, 1.165) is 5.56 Å². The molecule has 0 amide bonds. The average molecular weight is 269 g/mol. The monoisotopic (exact) mass is 269 g/mol. The van der Waals surface area contributed by atoms with Gasteiger partial charge in [0, 0.05) is 26.6 Å². The summed E-state index contributed by atoms with van der Waals surface area (Å²) in [6.07, 6.45) is 0.273. The Hall–Kier alpha value is -1.30. The van der Waals surface area contributed by atoms with Gasteiger partial charge >= 0.3 is 0 Å². The number of ether oxygens (including phenoxy) is 1. The maximum absolute atomic E-state index is 12.7. The van der Waals surface area contributed by atoms with Gasteiger partial charge in [0.15, 0.2) is 5.78 Å². The highest BCUT2D eigenvalue weighted by Gasteiger charge is 2.10. The zero-order valence-electron chi connectivity index (χ0n) is 11.1. The van der Waals surface area contributed by atoms with Gasteiger partial charge in [0.1, 0.15) is 5.82 Å². The number of halogens is 1. The van der Waals surface area contributed by atoms with Crippen LogP contribution in [0.2, 0.25) is 0 Å². The van der Waals surface area contributed by atoms with E-state index in [9.17, 15) is 9.18 Å². The number of aliphatic hydroxyl groups excluding tert-OH is 1. The molecule has 1 aromatic rings. The molecule has 1 N–H and O–H groups in total. The minimum Gasteiger partial charge on any atom is -0.395 e. The molecule has 0 bridgehead atoms. The van der Waals surface area contributed by atoms with Crippen LogP contribution in [-0.2, 0) is 16.0 Å².